The van der Waals surface area contributed by atoms with Crippen molar-refractivity contribution in [2.75, 3.05) is 19.4 Å². The van der Waals surface area contributed by atoms with Crippen LogP contribution in [0.15, 0.2) is 18.2 Å². The molecule has 0 aliphatic rings. The summed E-state index contributed by atoms with van der Waals surface area (Å²) >= 11 is 5.76. The van der Waals surface area contributed by atoms with Crippen LogP contribution in [0.4, 0.5) is 5.69 Å². The molecule has 0 saturated heterocycles. The zero-order chi connectivity index (χ0) is 10.6. The highest BCUT2D eigenvalue weighted by molar-refractivity contribution is 6.30. The van der Waals surface area contributed by atoms with Gasteiger partial charge in [-0.15, -0.1) is 0 Å². The maximum absolute atomic E-state index is 8.83. The third kappa shape index (κ3) is 2.75. The van der Waals surface area contributed by atoms with Crippen molar-refractivity contribution in [2.24, 2.45) is 0 Å². The third-order valence-corrected chi connectivity index (χ3v) is 1.82. The molecular formula is C10H11ClN3+. The van der Waals surface area contributed by atoms with Crippen LogP contribution >= 0.6 is 11.6 Å². The third-order valence-electron chi connectivity index (χ3n) is 1.58. The van der Waals surface area contributed by atoms with Gasteiger partial charge in [0.05, 0.1) is 14.1 Å². The molecule has 0 saturated carbocycles. The van der Waals surface area contributed by atoms with Gasteiger partial charge in [-0.05, 0) is 18.2 Å². The molecule has 1 aromatic carbocycles. The first-order chi connectivity index (χ1) is 6.63. The Morgan fingerprint density at radius 3 is 2.79 bits per heavy atom. The lowest BCUT2D eigenvalue weighted by molar-refractivity contribution is -0.459. The van der Waals surface area contributed by atoms with E-state index in [1.165, 1.54) is 0 Å². The first-order valence-corrected chi connectivity index (χ1v) is 4.47. The van der Waals surface area contributed by atoms with Gasteiger partial charge in [0.15, 0.2) is 0 Å². The largest absolute Gasteiger partial charge is 0.273 e. The molecule has 1 rings (SSSR count). The Kier molecular flexibility index (Phi) is 3.49. The van der Waals surface area contributed by atoms with Crippen LogP contribution in [0.25, 0.3) is 0 Å². The fourth-order valence-electron chi connectivity index (χ4n) is 0.933. The molecule has 1 aromatic rings. The summed E-state index contributed by atoms with van der Waals surface area (Å²) in [5.41, 5.74) is 1.29. The predicted octanol–water partition coefficient (Wildman–Crippen LogP) is 1.92. The van der Waals surface area contributed by atoms with Crippen molar-refractivity contribution < 1.29 is 4.58 Å². The Bertz CT molecular complexity index is 400. The van der Waals surface area contributed by atoms with Gasteiger partial charge in [0.25, 0.3) is 0 Å². The summed E-state index contributed by atoms with van der Waals surface area (Å²) in [7, 11) is 3.80. The quantitative estimate of drug-likeness (QED) is 0.458. The smallest absolute Gasteiger partial charge is 0.236 e. The average molecular weight is 209 g/mol. The highest BCUT2D eigenvalue weighted by Crippen LogP contribution is 2.18. The molecule has 0 aliphatic carbocycles. The van der Waals surface area contributed by atoms with Crippen LogP contribution in [0.1, 0.15) is 5.56 Å². The summed E-state index contributed by atoms with van der Waals surface area (Å²) in [6.07, 6.45) is 1.77. The molecule has 0 bridgehead atoms. The lowest BCUT2D eigenvalue weighted by atomic mass is 10.2. The van der Waals surface area contributed by atoms with E-state index in [0.29, 0.717) is 10.6 Å². The monoisotopic (exact) mass is 208 g/mol. The molecule has 0 aliphatic heterocycles. The molecule has 0 fully saturated rings. The van der Waals surface area contributed by atoms with Crippen molar-refractivity contribution in [1.29, 1.82) is 5.26 Å². The van der Waals surface area contributed by atoms with Crippen molar-refractivity contribution in [2.45, 2.75) is 0 Å². The lowest BCUT2D eigenvalue weighted by Gasteiger charge is -1.98. The molecular weight excluding hydrogens is 198 g/mol. The Morgan fingerprint density at radius 1 is 1.50 bits per heavy atom. The maximum atomic E-state index is 8.83. The van der Waals surface area contributed by atoms with Gasteiger partial charge >= 0.3 is 0 Å². The lowest BCUT2D eigenvalue weighted by Crippen LogP contribution is -2.08. The molecule has 0 radical (unpaired) electrons. The number of rotatable bonds is 2. The van der Waals surface area contributed by atoms with Crippen LogP contribution in [-0.4, -0.2) is 25.0 Å². The fourth-order valence-corrected chi connectivity index (χ4v) is 1.11. The van der Waals surface area contributed by atoms with Crippen LogP contribution in [0.5, 0.6) is 0 Å². The second kappa shape index (κ2) is 4.64. The molecule has 0 heterocycles. The summed E-state index contributed by atoms with van der Waals surface area (Å²) < 4.78 is 1.86. The number of halogens is 1. The molecule has 4 heteroatoms. The van der Waals surface area contributed by atoms with Crippen LogP contribution < -0.4 is 5.32 Å². The second-order valence-electron chi connectivity index (χ2n) is 3.04. The number of benzene rings is 1. The Morgan fingerprint density at radius 2 is 2.21 bits per heavy atom. The predicted molar refractivity (Wildman–Crippen MR) is 58.0 cm³/mol. The minimum absolute atomic E-state index is 0.538. The number of nitriles is 1. The number of anilines is 1. The molecule has 0 spiro atoms. The summed E-state index contributed by atoms with van der Waals surface area (Å²) in [4.78, 5) is 0. The Balaban J connectivity index is 2.98. The standard InChI is InChI=1S/C10H10ClN3/c1-14(2)7-13-10-4-3-9(11)5-8(10)6-12/h3-5,7H,1-2H3/p+1. The van der Waals surface area contributed by atoms with E-state index in [1.807, 2.05) is 18.7 Å². The van der Waals surface area contributed by atoms with Gasteiger partial charge in [-0.25, -0.2) is 5.32 Å². The maximum Gasteiger partial charge on any atom is 0.236 e. The van der Waals surface area contributed by atoms with Crippen molar-refractivity contribution >= 4 is 23.6 Å². The van der Waals surface area contributed by atoms with E-state index < -0.39 is 0 Å². The topological polar surface area (TPSA) is 38.8 Å². The highest BCUT2D eigenvalue weighted by Gasteiger charge is 2.04. The summed E-state index contributed by atoms with van der Waals surface area (Å²) in [5.74, 6) is 0. The van der Waals surface area contributed by atoms with Crippen LogP contribution in [0, 0.1) is 11.3 Å². The van der Waals surface area contributed by atoms with Crippen LogP contribution in [-0.2, 0) is 0 Å². The van der Waals surface area contributed by atoms with E-state index in [9.17, 15) is 0 Å². The Labute approximate surface area is 88.2 Å². The molecule has 0 unspecified atom stereocenters. The molecule has 0 aromatic heterocycles. The normalized spacial score (nSPS) is 9.00. The van der Waals surface area contributed by atoms with Gasteiger partial charge in [0.2, 0.25) is 6.34 Å². The van der Waals surface area contributed by atoms with Gasteiger partial charge in [-0.2, -0.15) is 5.26 Å². The number of hydrogen-bond acceptors (Lipinski definition) is 1. The summed E-state index contributed by atoms with van der Waals surface area (Å²) in [6, 6.07) is 7.23. The molecule has 72 valence electrons. The number of nitrogens with zero attached hydrogens (tertiary/aromatic N) is 2. The molecule has 0 amide bonds. The van der Waals surface area contributed by atoms with Gasteiger partial charge in [0, 0.05) is 5.02 Å². The molecule has 0 atom stereocenters. The van der Waals surface area contributed by atoms with Crippen molar-refractivity contribution in [3.05, 3.63) is 28.8 Å². The van der Waals surface area contributed by atoms with E-state index in [1.54, 1.807) is 24.5 Å². The zero-order valence-electron chi connectivity index (χ0n) is 8.08. The minimum atomic E-state index is 0.538. The highest BCUT2D eigenvalue weighted by atomic mass is 35.5. The van der Waals surface area contributed by atoms with E-state index in [2.05, 4.69) is 11.4 Å². The number of nitrogens with one attached hydrogen (secondary N) is 1. The first kappa shape index (κ1) is 10.6. The summed E-state index contributed by atoms with van der Waals surface area (Å²) in [6.45, 7) is 0. The molecule has 14 heavy (non-hydrogen) atoms. The SMILES string of the molecule is C[N+](C)=CNc1ccc(Cl)cc1C#N. The van der Waals surface area contributed by atoms with E-state index >= 15 is 0 Å². The van der Waals surface area contributed by atoms with Gasteiger partial charge in [0.1, 0.15) is 17.3 Å². The van der Waals surface area contributed by atoms with Crippen molar-refractivity contribution in [3.8, 4) is 6.07 Å². The van der Waals surface area contributed by atoms with E-state index in [-0.39, 0.29) is 0 Å². The fraction of sp³-hybridized carbons (Fsp3) is 0.200. The Hall–Kier alpha value is -1.53. The first-order valence-electron chi connectivity index (χ1n) is 4.09. The van der Waals surface area contributed by atoms with Crippen molar-refractivity contribution in [3.63, 3.8) is 0 Å². The minimum Gasteiger partial charge on any atom is -0.273 e. The van der Waals surface area contributed by atoms with Gasteiger partial charge < -0.3 is 0 Å². The summed E-state index contributed by atoms with van der Waals surface area (Å²) in [5, 5.41) is 12.4. The molecule has 1 N–H and O–H groups in total. The zero-order valence-corrected chi connectivity index (χ0v) is 8.84. The van der Waals surface area contributed by atoms with Gasteiger partial charge in [-0.1, -0.05) is 11.6 Å². The number of hydrogen-bond donors (Lipinski definition) is 1. The van der Waals surface area contributed by atoms with Crippen molar-refractivity contribution in [1.82, 2.24) is 0 Å². The van der Waals surface area contributed by atoms with E-state index in [0.717, 1.165) is 5.69 Å². The van der Waals surface area contributed by atoms with Crippen LogP contribution in [0.2, 0.25) is 5.02 Å². The van der Waals surface area contributed by atoms with Gasteiger partial charge in [-0.3, -0.25) is 4.58 Å². The average Bonchev–Trinajstić information content (AvgIpc) is 2.15. The van der Waals surface area contributed by atoms with Crippen LogP contribution in [0.3, 0.4) is 0 Å². The molecule has 3 nitrogen and oxygen atoms in total. The van der Waals surface area contributed by atoms with E-state index in [4.69, 9.17) is 16.9 Å². The second-order valence-corrected chi connectivity index (χ2v) is 3.48.